The second-order valence-corrected chi connectivity index (χ2v) is 3.77. The van der Waals surface area contributed by atoms with Crippen molar-refractivity contribution in [2.24, 2.45) is 4.99 Å². The van der Waals surface area contributed by atoms with Gasteiger partial charge in [0.15, 0.2) is 0 Å². The molecule has 1 aliphatic rings. The minimum absolute atomic E-state index is 0.0715. The molecule has 0 radical (unpaired) electrons. The first kappa shape index (κ1) is 10.7. The zero-order chi connectivity index (χ0) is 11.5. The zero-order valence-electron chi connectivity index (χ0n) is 9.21. The Morgan fingerprint density at radius 1 is 1.38 bits per heavy atom. The highest BCUT2D eigenvalue weighted by molar-refractivity contribution is 6.24. The van der Waals surface area contributed by atoms with Crippen molar-refractivity contribution in [3.8, 4) is 5.75 Å². The van der Waals surface area contributed by atoms with Crippen LogP contribution in [0.2, 0.25) is 0 Å². The lowest BCUT2D eigenvalue weighted by Gasteiger charge is -2.16. The quantitative estimate of drug-likeness (QED) is 0.731. The molecular weight excluding hydrogens is 206 g/mol. The summed E-state index contributed by atoms with van der Waals surface area (Å²) in [6.07, 6.45) is 0.696. The topological polar surface area (TPSA) is 47.9 Å². The third-order valence-corrected chi connectivity index (χ3v) is 2.09. The predicted molar refractivity (Wildman–Crippen MR) is 59.5 cm³/mol. The summed E-state index contributed by atoms with van der Waals surface area (Å²) in [5.41, 5.74) is 0.776. The van der Waals surface area contributed by atoms with Crippen molar-refractivity contribution in [3.63, 3.8) is 0 Å². The van der Waals surface area contributed by atoms with E-state index in [1.807, 2.05) is 38.1 Å². The molecule has 2 rings (SSSR count). The third-order valence-electron chi connectivity index (χ3n) is 2.09. The number of rotatable bonds is 3. The van der Waals surface area contributed by atoms with E-state index >= 15 is 0 Å². The Morgan fingerprint density at radius 2 is 2.12 bits per heavy atom. The van der Waals surface area contributed by atoms with Gasteiger partial charge in [-0.1, -0.05) is 12.1 Å². The Bertz CT molecular complexity index is 426. The van der Waals surface area contributed by atoms with E-state index in [4.69, 9.17) is 9.47 Å². The number of hydrogen-bond donors (Lipinski definition) is 0. The lowest BCUT2D eigenvalue weighted by molar-refractivity contribution is -0.137. The van der Waals surface area contributed by atoms with Gasteiger partial charge in [0.1, 0.15) is 12.0 Å². The van der Waals surface area contributed by atoms with Crippen LogP contribution in [0.1, 0.15) is 25.6 Å². The number of benzene rings is 1. The Hall–Kier alpha value is -1.84. The van der Waals surface area contributed by atoms with E-state index in [0.717, 1.165) is 5.56 Å². The van der Waals surface area contributed by atoms with E-state index < -0.39 is 12.2 Å². The normalized spacial score (nSPS) is 18.9. The largest absolute Gasteiger partial charge is 0.491 e. The fourth-order valence-electron chi connectivity index (χ4n) is 1.49. The van der Waals surface area contributed by atoms with Crippen LogP contribution < -0.4 is 4.74 Å². The molecule has 0 aromatic heterocycles. The summed E-state index contributed by atoms with van der Waals surface area (Å²) in [6.45, 7) is 3.89. The van der Waals surface area contributed by atoms with Crippen LogP contribution >= 0.6 is 0 Å². The number of esters is 1. The molecule has 0 fully saturated rings. The van der Waals surface area contributed by atoms with Gasteiger partial charge in [0.2, 0.25) is 6.23 Å². The predicted octanol–water partition coefficient (Wildman–Crippen LogP) is 2.10. The molecule has 84 valence electrons. The monoisotopic (exact) mass is 219 g/mol. The molecule has 0 spiro atoms. The van der Waals surface area contributed by atoms with Gasteiger partial charge in [-0.2, -0.15) is 0 Å². The van der Waals surface area contributed by atoms with Crippen molar-refractivity contribution in [1.82, 2.24) is 0 Å². The maximum absolute atomic E-state index is 10.9. The average Bonchev–Trinajstić information content (AvgIpc) is 2.65. The van der Waals surface area contributed by atoms with E-state index in [0.29, 0.717) is 5.75 Å². The zero-order valence-corrected chi connectivity index (χ0v) is 9.21. The van der Waals surface area contributed by atoms with Crippen molar-refractivity contribution < 1.29 is 14.3 Å². The molecule has 0 N–H and O–H groups in total. The van der Waals surface area contributed by atoms with Gasteiger partial charge in [0.05, 0.1) is 11.7 Å². The molecule has 1 aromatic carbocycles. The number of cyclic esters (lactones) is 1. The maximum atomic E-state index is 10.9. The number of ether oxygens (including phenoxy) is 2. The van der Waals surface area contributed by atoms with Crippen LogP contribution in [-0.2, 0) is 9.53 Å². The summed E-state index contributed by atoms with van der Waals surface area (Å²) in [5, 5.41) is 0. The highest BCUT2D eigenvalue weighted by Crippen LogP contribution is 2.30. The van der Waals surface area contributed by atoms with Crippen LogP contribution in [0.3, 0.4) is 0 Å². The van der Waals surface area contributed by atoms with Crippen LogP contribution in [0, 0.1) is 0 Å². The summed E-state index contributed by atoms with van der Waals surface area (Å²) in [5.74, 6) is 0.290. The number of nitrogens with zero attached hydrogens (tertiary/aromatic N) is 1. The van der Waals surface area contributed by atoms with Gasteiger partial charge in [0.25, 0.3) is 0 Å². The molecule has 0 aliphatic carbocycles. The highest BCUT2D eigenvalue weighted by atomic mass is 16.6. The molecule has 16 heavy (non-hydrogen) atoms. The maximum Gasteiger partial charge on any atom is 0.351 e. The Balaban J connectivity index is 2.26. The van der Waals surface area contributed by atoms with E-state index in [9.17, 15) is 4.79 Å². The molecule has 4 nitrogen and oxygen atoms in total. The number of carbonyl (C=O) groups is 1. The lowest BCUT2D eigenvalue weighted by atomic mass is 10.2. The van der Waals surface area contributed by atoms with Gasteiger partial charge in [-0.3, -0.25) is 0 Å². The summed E-state index contributed by atoms with van der Waals surface area (Å²) in [4.78, 5) is 14.9. The van der Waals surface area contributed by atoms with E-state index in [-0.39, 0.29) is 6.10 Å². The Morgan fingerprint density at radius 3 is 2.75 bits per heavy atom. The van der Waals surface area contributed by atoms with Crippen molar-refractivity contribution in [3.05, 3.63) is 29.8 Å². The Labute approximate surface area is 93.9 Å². The second-order valence-electron chi connectivity index (χ2n) is 3.77. The molecule has 1 atom stereocenters. The number of hydrogen-bond acceptors (Lipinski definition) is 4. The first-order valence-electron chi connectivity index (χ1n) is 5.16. The van der Waals surface area contributed by atoms with Crippen molar-refractivity contribution >= 4 is 12.2 Å². The van der Waals surface area contributed by atoms with E-state index in [1.54, 1.807) is 0 Å². The summed E-state index contributed by atoms with van der Waals surface area (Å²) >= 11 is 0. The first-order valence-corrected chi connectivity index (χ1v) is 5.16. The van der Waals surface area contributed by atoms with Gasteiger partial charge in [-0.15, -0.1) is 0 Å². The minimum atomic E-state index is -0.567. The molecule has 0 amide bonds. The number of carbonyl (C=O) groups excluding carboxylic acids is 1. The van der Waals surface area contributed by atoms with Crippen LogP contribution in [0.4, 0.5) is 0 Å². The van der Waals surface area contributed by atoms with Gasteiger partial charge in [-0.05, 0) is 26.0 Å². The number of para-hydroxylation sites is 1. The minimum Gasteiger partial charge on any atom is -0.491 e. The molecule has 1 aromatic rings. The fraction of sp³-hybridized carbons (Fsp3) is 0.333. The number of aliphatic imine (C=N–C) groups is 1. The first-order chi connectivity index (χ1) is 7.66. The molecular formula is C12H13NO3. The Kier molecular flexibility index (Phi) is 2.90. The average molecular weight is 219 g/mol. The summed E-state index contributed by atoms with van der Waals surface area (Å²) in [6, 6.07) is 7.43. The lowest BCUT2D eigenvalue weighted by Crippen LogP contribution is -2.09. The smallest absolute Gasteiger partial charge is 0.351 e. The standard InChI is InChI=1S/C12H13NO3/c1-8(2)15-10-6-4-3-5-9(10)12-13-7-11(14)16-12/h3-8,12H,1-2H3. The van der Waals surface area contributed by atoms with Gasteiger partial charge in [-0.25, -0.2) is 9.79 Å². The van der Waals surface area contributed by atoms with Crippen molar-refractivity contribution in [2.75, 3.05) is 0 Å². The van der Waals surface area contributed by atoms with Gasteiger partial charge >= 0.3 is 5.97 Å². The molecule has 0 saturated heterocycles. The molecule has 1 heterocycles. The van der Waals surface area contributed by atoms with Crippen LogP contribution in [-0.4, -0.2) is 18.3 Å². The molecule has 4 heteroatoms. The van der Waals surface area contributed by atoms with Crippen LogP contribution in [0.25, 0.3) is 0 Å². The van der Waals surface area contributed by atoms with Crippen molar-refractivity contribution in [1.29, 1.82) is 0 Å². The van der Waals surface area contributed by atoms with E-state index in [2.05, 4.69) is 4.99 Å². The summed E-state index contributed by atoms with van der Waals surface area (Å²) in [7, 11) is 0. The molecule has 0 bridgehead atoms. The SMILES string of the molecule is CC(C)Oc1ccccc1C1N=CC(=O)O1. The second kappa shape index (κ2) is 4.35. The van der Waals surface area contributed by atoms with Crippen molar-refractivity contribution in [2.45, 2.75) is 26.2 Å². The van der Waals surface area contributed by atoms with Gasteiger partial charge in [0, 0.05) is 0 Å². The van der Waals surface area contributed by atoms with Gasteiger partial charge < -0.3 is 9.47 Å². The van der Waals surface area contributed by atoms with E-state index in [1.165, 1.54) is 6.21 Å². The summed E-state index contributed by atoms with van der Waals surface area (Å²) < 4.78 is 10.7. The van der Waals surface area contributed by atoms with Crippen LogP contribution in [0.5, 0.6) is 5.75 Å². The molecule has 0 saturated carbocycles. The molecule has 1 unspecified atom stereocenters. The highest BCUT2D eigenvalue weighted by Gasteiger charge is 2.23. The third kappa shape index (κ3) is 2.21. The fourth-order valence-corrected chi connectivity index (χ4v) is 1.49. The molecule has 1 aliphatic heterocycles. The van der Waals surface area contributed by atoms with Crippen LogP contribution in [0.15, 0.2) is 29.3 Å².